The van der Waals surface area contributed by atoms with Crippen molar-refractivity contribution in [1.29, 1.82) is 0 Å². The van der Waals surface area contributed by atoms with E-state index in [0.29, 0.717) is 18.5 Å². The predicted octanol–water partition coefficient (Wildman–Crippen LogP) is 2.38. The normalized spacial score (nSPS) is 20.1. The zero-order valence-corrected chi connectivity index (χ0v) is 17.3. The number of carbonyl (C=O) groups is 3. The number of ketones is 1. The second-order valence-electron chi connectivity index (χ2n) is 7.97. The van der Waals surface area contributed by atoms with Crippen LogP contribution in [0.5, 0.6) is 0 Å². The molecule has 2 aromatic carbocycles. The van der Waals surface area contributed by atoms with Crippen molar-refractivity contribution in [2.45, 2.75) is 25.8 Å². The van der Waals surface area contributed by atoms with Gasteiger partial charge in [-0.2, -0.15) is 0 Å². The van der Waals surface area contributed by atoms with Gasteiger partial charge in [0, 0.05) is 44.0 Å². The molecule has 30 heavy (non-hydrogen) atoms. The highest BCUT2D eigenvalue weighted by Gasteiger charge is 2.42. The molecule has 0 bridgehead atoms. The number of rotatable bonds is 6. The van der Waals surface area contributed by atoms with E-state index in [4.69, 9.17) is 0 Å². The Bertz CT molecular complexity index is 918. The molecule has 0 saturated carbocycles. The Hall–Kier alpha value is -2.99. The average Bonchev–Trinajstić information content (AvgIpc) is 3.06. The number of anilines is 1. The first-order valence-corrected chi connectivity index (χ1v) is 10.5. The van der Waals surface area contributed by atoms with Crippen molar-refractivity contribution >= 4 is 23.3 Å². The highest BCUT2D eigenvalue weighted by Crippen LogP contribution is 2.23. The number of carbonyl (C=O) groups excluding carboxylic acids is 3. The number of benzene rings is 2. The molecule has 156 valence electrons. The van der Waals surface area contributed by atoms with Crippen LogP contribution in [0, 0.1) is 0 Å². The lowest BCUT2D eigenvalue weighted by molar-refractivity contribution is -0.139. The molecule has 0 aliphatic carbocycles. The summed E-state index contributed by atoms with van der Waals surface area (Å²) in [6.07, 6.45) is 0.968. The quantitative estimate of drug-likeness (QED) is 0.546. The molecule has 2 saturated heterocycles. The topological polar surface area (TPSA) is 60.9 Å². The Balaban J connectivity index is 1.32. The van der Waals surface area contributed by atoms with Gasteiger partial charge in [0.05, 0.1) is 12.5 Å². The maximum absolute atomic E-state index is 12.9. The second kappa shape index (κ2) is 8.79. The fourth-order valence-electron chi connectivity index (χ4n) is 4.27. The first kappa shape index (κ1) is 20.3. The van der Waals surface area contributed by atoms with Crippen molar-refractivity contribution in [3.8, 4) is 0 Å². The molecular formula is C24H27N3O3. The summed E-state index contributed by atoms with van der Waals surface area (Å²) in [7, 11) is 0. The number of Topliss-reactive ketones (excluding diaryl/α,β-unsaturated/α-hetero) is 1. The van der Waals surface area contributed by atoms with E-state index in [9.17, 15) is 14.4 Å². The number of likely N-dealkylation sites (tertiary alicyclic amines) is 1. The summed E-state index contributed by atoms with van der Waals surface area (Å²) in [5, 5.41) is 0. The lowest BCUT2D eigenvalue weighted by Crippen LogP contribution is -2.52. The van der Waals surface area contributed by atoms with Crippen LogP contribution in [0.15, 0.2) is 54.6 Å². The zero-order chi connectivity index (χ0) is 21.1. The van der Waals surface area contributed by atoms with Crippen molar-refractivity contribution < 1.29 is 14.4 Å². The third-order valence-corrected chi connectivity index (χ3v) is 6.08. The Morgan fingerprint density at radius 1 is 0.933 bits per heavy atom. The number of hydrogen-bond donors (Lipinski definition) is 0. The number of nitrogens with zero attached hydrogens (tertiary/aromatic N) is 3. The van der Waals surface area contributed by atoms with Gasteiger partial charge in [-0.25, -0.2) is 0 Å². The summed E-state index contributed by atoms with van der Waals surface area (Å²) >= 11 is 0. The molecule has 2 fully saturated rings. The van der Waals surface area contributed by atoms with E-state index in [1.54, 1.807) is 6.92 Å². The summed E-state index contributed by atoms with van der Waals surface area (Å²) in [4.78, 5) is 42.7. The minimum atomic E-state index is -0.337. The van der Waals surface area contributed by atoms with Crippen LogP contribution in [0.3, 0.4) is 0 Å². The fourth-order valence-corrected chi connectivity index (χ4v) is 4.27. The van der Waals surface area contributed by atoms with Crippen LogP contribution in [0.2, 0.25) is 0 Å². The van der Waals surface area contributed by atoms with Gasteiger partial charge in [0.2, 0.25) is 11.8 Å². The molecule has 2 aromatic rings. The number of imide groups is 1. The maximum Gasteiger partial charge on any atom is 0.247 e. The van der Waals surface area contributed by atoms with Gasteiger partial charge >= 0.3 is 0 Å². The van der Waals surface area contributed by atoms with Gasteiger partial charge in [-0.15, -0.1) is 0 Å². The number of amides is 2. The largest absolute Gasteiger partial charge is 0.369 e. The molecule has 0 spiro atoms. The Morgan fingerprint density at radius 3 is 2.23 bits per heavy atom. The van der Waals surface area contributed by atoms with Crippen LogP contribution in [0.25, 0.3) is 0 Å². The van der Waals surface area contributed by atoms with Gasteiger partial charge in [0.25, 0.3) is 0 Å². The summed E-state index contributed by atoms with van der Waals surface area (Å²) in [6, 6.07) is 17.3. The van der Waals surface area contributed by atoms with E-state index in [-0.39, 0.29) is 30.1 Å². The molecule has 4 rings (SSSR count). The highest BCUT2D eigenvalue weighted by molar-refractivity contribution is 6.05. The number of hydrogen-bond acceptors (Lipinski definition) is 5. The van der Waals surface area contributed by atoms with Crippen molar-refractivity contribution in [3.05, 3.63) is 65.7 Å². The van der Waals surface area contributed by atoms with E-state index in [2.05, 4.69) is 9.80 Å². The van der Waals surface area contributed by atoms with Gasteiger partial charge in [-0.05, 0) is 43.2 Å². The predicted molar refractivity (Wildman–Crippen MR) is 116 cm³/mol. The highest BCUT2D eigenvalue weighted by atomic mass is 16.2. The Morgan fingerprint density at radius 2 is 1.60 bits per heavy atom. The third kappa shape index (κ3) is 4.28. The maximum atomic E-state index is 12.9. The molecule has 2 aliphatic heterocycles. The van der Waals surface area contributed by atoms with Gasteiger partial charge in [-0.3, -0.25) is 24.2 Å². The molecule has 2 aliphatic rings. The van der Waals surface area contributed by atoms with E-state index in [1.165, 1.54) is 4.90 Å². The monoisotopic (exact) mass is 405 g/mol. The van der Waals surface area contributed by atoms with E-state index >= 15 is 0 Å². The SMILES string of the molecule is CC(=O)c1ccc(N2CCN([C@@H]3CC(=O)N(CCc4ccccc4)C3=O)CC2)cc1. The van der Waals surface area contributed by atoms with E-state index < -0.39 is 0 Å². The molecule has 2 heterocycles. The van der Waals surface area contributed by atoms with Crippen molar-refractivity contribution in [2.24, 2.45) is 0 Å². The van der Waals surface area contributed by atoms with E-state index in [1.807, 2.05) is 54.6 Å². The third-order valence-electron chi connectivity index (χ3n) is 6.08. The molecule has 6 heteroatoms. The molecule has 0 radical (unpaired) electrons. The molecule has 6 nitrogen and oxygen atoms in total. The zero-order valence-electron chi connectivity index (χ0n) is 17.3. The summed E-state index contributed by atoms with van der Waals surface area (Å²) in [6.45, 7) is 5.08. The Labute approximate surface area is 177 Å². The van der Waals surface area contributed by atoms with Crippen LogP contribution >= 0.6 is 0 Å². The minimum absolute atomic E-state index is 0.0600. The molecule has 0 N–H and O–H groups in total. The fraction of sp³-hybridized carbons (Fsp3) is 0.375. The van der Waals surface area contributed by atoms with Crippen molar-refractivity contribution in [1.82, 2.24) is 9.80 Å². The standard InChI is InChI=1S/C24H27N3O3/c1-18(28)20-7-9-21(10-8-20)25-13-15-26(16-14-25)22-17-23(29)27(24(22)30)12-11-19-5-3-2-4-6-19/h2-10,22H,11-17H2,1H3/t22-/m1/s1. The van der Waals surface area contributed by atoms with Crippen LogP contribution in [0.4, 0.5) is 5.69 Å². The molecule has 0 unspecified atom stereocenters. The first-order valence-electron chi connectivity index (χ1n) is 10.5. The average molecular weight is 405 g/mol. The van der Waals surface area contributed by atoms with Crippen LogP contribution < -0.4 is 4.90 Å². The summed E-state index contributed by atoms with van der Waals surface area (Å²) in [5.41, 5.74) is 2.92. The number of piperazine rings is 1. The molecule has 2 amide bonds. The van der Waals surface area contributed by atoms with Crippen molar-refractivity contribution in [3.63, 3.8) is 0 Å². The van der Waals surface area contributed by atoms with E-state index in [0.717, 1.165) is 37.4 Å². The van der Waals surface area contributed by atoms with Crippen LogP contribution in [-0.2, 0) is 16.0 Å². The van der Waals surface area contributed by atoms with Crippen LogP contribution in [0.1, 0.15) is 29.3 Å². The minimum Gasteiger partial charge on any atom is -0.369 e. The first-order chi connectivity index (χ1) is 14.5. The molecular weight excluding hydrogens is 378 g/mol. The second-order valence-corrected chi connectivity index (χ2v) is 7.97. The lowest BCUT2D eigenvalue weighted by Gasteiger charge is -2.38. The van der Waals surface area contributed by atoms with Gasteiger partial charge in [0.15, 0.2) is 5.78 Å². The summed E-state index contributed by atoms with van der Waals surface area (Å²) in [5.74, 6) is -0.0639. The molecule has 1 atom stereocenters. The van der Waals surface area contributed by atoms with Crippen LogP contribution in [-0.4, -0.2) is 66.2 Å². The van der Waals surface area contributed by atoms with Gasteiger partial charge < -0.3 is 4.90 Å². The smallest absolute Gasteiger partial charge is 0.247 e. The lowest BCUT2D eigenvalue weighted by atomic mass is 10.1. The van der Waals surface area contributed by atoms with Gasteiger partial charge in [0.1, 0.15) is 0 Å². The summed E-state index contributed by atoms with van der Waals surface area (Å²) < 4.78 is 0. The molecule has 0 aromatic heterocycles. The van der Waals surface area contributed by atoms with Gasteiger partial charge in [-0.1, -0.05) is 30.3 Å². The van der Waals surface area contributed by atoms with Crippen molar-refractivity contribution in [2.75, 3.05) is 37.6 Å². The Kier molecular flexibility index (Phi) is 5.95.